The number of nitrogens with one attached hydrogen (secondary N) is 1. The lowest BCUT2D eigenvalue weighted by atomic mass is 9.90. The van der Waals surface area contributed by atoms with Crippen LogP contribution in [-0.4, -0.2) is 20.1 Å². The topological polar surface area (TPSA) is 66.4 Å². The van der Waals surface area contributed by atoms with E-state index >= 15 is 0 Å². The molecule has 4 nitrogen and oxygen atoms in total. The Bertz CT molecular complexity index is 563. The molecule has 0 aliphatic heterocycles. The predicted molar refractivity (Wildman–Crippen MR) is 83.5 cm³/mol. The molecule has 0 radical (unpaired) electrons. The highest BCUT2D eigenvalue weighted by atomic mass is 32.2. The second-order valence-corrected chi connectivity index (χ2v) is 7.55. The molecule has 0 aromatic heterocycles. The first-order valence-corrected chi connectivity index (χ1v) is 9.27. The van der Waals surface area contributed by atoms with Gasteiger partial charge in [0.15, 0.2) is 0 Å². The summed E-state index contributed by atoms with van der Waals surface area (Å²) in [6.07, 6.45) is 6.55. The van der Waals surface area contributed by atoms with Gasteiger partial charge in [0.1, 0.15) is 0 Å². The molecular formula is C16H25NO3S. The fraction of sp³-hybridized carbons (Fsp3) is 0.625. The van der Waals surface area contributed by atoms with E-state index in [9.17, 15) is 13.5 Å². The number of aryl methyl sites for hydroxylation is 1. The lowest BCUT2D eigenvalue weighted by molar-refractivity contribution is 0.281. The van der Waals surface area contributed by atoms with Gasteiger partial charge in [-0.3, -0.25) is 0 Å². The molecule has 0 atom stereocenters. The first-order valence-electron chi connectivity index (χ1n) is 7.79. The van der Waals surface area contributed by atoms with Crippen LogP contribution in [0.15, 0.2) is 23.1 Å². The van der Waals surface area contributed by atoms with E-state index in [1.54, 1.807) is 18.2 Å². The molecule has 1 aromatic rings. The van der Waals surface area contributed by atoms with Crippen LogP contribution in [0.4, 0.5) is 0 Å². The van der Waals surface area contributed by atoms with Gasteiger partial charge in [0.05, 0.1) is 11.5 Å². The summed E-state index contributed by atoms with van der Waals surface area (Å²) in [5.74, 6) is 0.458. The molecule has 1 fully saturated rings. The molecule has 2 N–H and O–H groups in total. The van der Waals surface area contributed by atoms with Crippen LogP contribution in [0.25, 0.3) is 0 Å². The Morgan fingerprint density at radius 1 is 1.24 bits per heavy atom. The molecular weight excluding hydrogens is 286 g/mol. The minimum Gasteiger partial charge on any atom is -0.392 e. The zero-order valence-electron chi connectivity index (χ0n) is 12.6. The third-order valence-corrected chi connectivity index (χ3v) is 5.78. The zero-order chi connectivity index (χ0) is 15.3. The van der Waals surface area contributed by atoms with Crippen molar-refractivity contribution in [3.8, 4) is 0 Å². The molecule has 0 saturated heterocycles. The molecule has 21 heavy (non-hydrogen) atoms. The SMILES string of the molecule is CCc1ccc(CO)cc1S(=O)(=O)NCC1CCCCC1. The predicted octanol–water partition coefficient (Wildman–Crippen LogP) is 2.60. The van der Waals surface area contributed by atoms with Crippen LogP contribution < -0.4 is 4.72 Å². The molecule has 118 valence electrons. The lowest BCUT2D eigenvalue weighted by Crippen LogP contribution is -2.31. The van der Waals surface area contributed by atoms with Gasteiger partial charge in [0, 0.05) is 6.54 Å². The van der Waals surface area contributed by atoms with Crippen LogP contribution in [0, 0.1) is 5.92 Å². The summed E-state index contributed by atoms with van der Waals surface area (Å²) in [6.45, 7) is 2.32. The summed E-state index contributed by atoms with van der Waals surface area (Å²) < 4.78 is 27.8. The molecule has 0 bridgehead atoms. The summed E-state index contributed by atoms with van der Waals surface area (Å²) in [5.41, 5.74) is 1.42. The number of aliphatic hydroxyl groups is 1. The van der Waals surface area contributed by atoms with Gasteiger partial charge >= 0.3 is 0 Å². The molecule has 0 unspecified atom stereocenters. The number of sulfonamides is 1. The Hall–Kier alpha value is -0.910. The van der Waals surface area contributed by atoms with E-state index in [4.69, 9.17) is 0 Å². The minimum absolute atomic E-state index is 0.144. The lowest BCUT2D eigenvalue weighted by Gasteiger charge is -2.22. The highest BCUT2D eigenvalue weighted by Crippen LogP contribution is 2.24. The molecule has 5 heteroatoms. The maximum absolute atomic E-state index is 12.5. The molecule has 1 aliphatic rings. The minimum atomic E-state index is -3.50. The number of hydrogen-bond donors (Lipinski definition) is 2. The largest absolute Gasteiger partial charge is 0.392 e. The second kappa shape index (κ2) is 7.38. The van der Waals surface area contributed by atoms with Crippen molar-refractivity contribution in [3.05, 3.63) is 29.3 Å². The van der Waals surface area contributed by atoms with Gasteiger partial charge in [-0.2, -0.15) is 0 Å². The van der Waals surface area contributed by atoms with Crippen molar-refractivity contribution in [1.82, 2.24) is 4.72 Å². The molecule has 2 rings (SSSR count). The molecule has 0 heterocycles. The third kappa shape index (κ3) is 4.28. The maximum atomic E-state index is 12.5. The molecule has 1 aliphatic carbocycles. The summed E-state index contributed by atoms with van der Waals surface area (Å²) in [4.78, 5) is 0.312. The van der Waals surface area contributed by atoms with Crippen LogP contribution in [0.5, 0.6) is 0 Å². The van der Waals surface area contributed by atoms with E-state index in [1.807, 2.05) is 6.92 Å². The van der Waals surface area contributed by atoms with Crippen LogP contribution in [-0.2, 0) is 23.1 Å². The highest BCUT2D eigenvalue weighted by Gasteiger charge is 2.21. The van der Waals surface area contributed by atoms with Gasteiger partial charge in [-0.25, -0.2) is 13.1 Å². The Morgan fingerprint density at radius 2 is 1.95 bits per heavy atom. The number of benzene rings is 1. The maximum Gasteiger partial charge on any atom is 0.240 e. The van der Waals surface area contributed by atoms with Crippen molar-refractivity contribution in [2.75, 3.05) is 6.54 Å². The van der Waals surface area contributed by atoms with Gasteiger partial charge in [0.25, 0.3) is 0 Å². The monoisotopic (exact) mass is 311 g/mol. The summed E-state index contributed by atoms with van der Waals surface area (Å²) in [6, 6.07) is 5.15. The van der Waals surface area contributed by atoms with E-state index in [0.29, 0.717) is 29.3 Å². The van der Waals surface area contributed by atoms with Crippen molar-refractivity contribution in [3.63, 3.8) is 0 Å². The number of rotatable bonds is 6. The van der Waals surface area contributed by atoms with Crippen LogP contribution in [0.2, 0.25) is 0 Å². The van der Waals surface area contributed by atoms with Gasteiger partial charge in [-0.15, -0.1) is 0 Å². The van der Waals surface area contributed by atoms with Crippen molar-refractivity contribution in [2.24, 2.45) is 5.92 Å². The van der Waals surface area contributed by atoms with E-state index in [1.165, 1.54) is 19.3 Å². The van der Waals surface area contributed by atoms with E-state index in [0.717, 1.165) is 18.4 Å². The van der Waals surface area contributed by atoms with Crippen molar-refractivity contribution < 1.29 is 13.5 Å². The molecule has 1 aromatic carbocycles. The first-order chi connectivity index (χ1) is 10.1. The highest BCUT2D eigenvalue weighted by molar-refractivity contribution is 7.89. The van der Waals surface area contributed by atoms with Crippen molar-refractivity contribution >= 4 is 10.0 Å². The fourth-order valence-electron chi connectivity index (χ4n) is 2.94. The quantitative estimate of drug-likeness (QED) is 0.848. The Labute approximate surface area is 127 Å². The third-order valence-electron chi connectivity index (χ3n) is 4.27. The average molecular weight is 311 g/mol. The number of aliphatic hydroxyl groups excluding tert-OH is 1. The zero-order valence-corrected chi connectivity index (χ0v) is 13.5. The average Bonchev–Trinajstić information content (AvgIpc) is 2.53. The Kier molecular flexibility index (Phi) is 5.79. The van der Waals surface area contributed by atoms with E-state index in [-0.39, 0.29) is 6.61 Å². The summed E-state index contributed by atoms with van der Waals surface area (Å²) in [5, 5.41) is 9.21. The van der Waals surface area contributed by atoms with Gasteiger partial charge in [-0.05, 0) is 42.4 Å². The summed E-state index contributed by atoms with van der Waals surface area (Å²) in [7, 11) is -3.50. The standard InChI is InChI=1S/C16H25NO3S/c1-2-15-9-8-14(12-18)10-16(15)21(19,20)17-11-13-6-4-3-5-7-13/h8-10,13,17-18H,2-7,11-12H2,1H3. The normalized spacial score (nSPS) is 17.0. The van der Waals surface area contributed by atoms with Crippen LogP contribution in [0.1, 0.15) is 50.2 Å². The van der Waals surface area contributed by atoms with Gasteiger partial charge in [-0.1, -0.05) is 38.3 Å². The Balaban J connectivity index is 2.14. The number of hydrogen-bond acceptors (Lipinski definition) is 3. The van der Waals surface area contributed by atoms with Crippen molar-refractivity contribution in [2.45, 2.75) is 57.0 Å². The summed E-state index contributed by atoms with van der Waals surface area (Å²) >= 11 is 0. The fourth-order valence-corrected chi connectivity index (χ4v) is 4.41. The Morgan fingerprint density at radius 3 is 2.57 bits per heavy atom. The smallest absolute Gasteiger partial charge is 0.240 e. The van der Waals surface area contributed by atoms with Gasteiger partial charge in [0.2, 0.25) is 10.0 Å². The van der Waals surface area contributed by atoms with Crippen molar-refractivity contribution in [1.29, 1.82) is 0 Å². The van der Waals surface area contributed by atoms with Gasteiger partial charge < -0.3 is 5.11 Å². The van der Waals surface area contributed by atoms with Crippen LogP contribution >= 0.6 is 0 Å². The van der Waals surface area contributed by atoms with E-state index in [2.05, 4.69) is 4.72 Å². The first kappa shape index (κ1) is 16.5. The second-order valence-electron chi connectivity index (χ2n) is 5.81. The van der Waals surface area contributed by atoms with Crippen LogP contribution in [0.3, 0.4) is 0 Å². The molecule has 1 saturated carbocycles. The molecule has 0 amide bonds. The molecule has 0 spiro atoms. The van der Waals surface area contributed by atoms with E-state index < -0.39 is 10.0 Å².